The lowest BCUT2D eigenvalue weighted by Gasteiger charge is -2.36. The third kappa shape index (κ3) is 2.77. The predicted octanol–water partition coefficient (Wildman–Crippen LogP) is 0.883. The molecule has 6 nitrogen and oxygen atoms in total. The molecule has 116 valence electrons. The van der Waals surface area contributed by atoms with Gasteiger partial charge in [-0.2, -0.15) is 0 Å². The van der Waals surface area contributed by atoms with Crippen LogP contribution in [0.2, 0.25) is 0 Å². The van der Waals surface area contributed by atoms with E-state index in [9.17, 15) is 9.59 Å². The number of anilines is 2. The van der Waals surface area contributed by atoms with Gasteiger partial charge in [0, 0.05) is 44.5 Å². The van der Waals surface area contributed by atoms with Crippen molar-refractivity contribution in [2.24, 2.45) is 0 Å². The second kappa shape index (κ2) is 6.09. The summed E-state index contributed by atoms with van der Waals surface area (Å²) in [6, 6.07) is 11.8. The van der Waals surface area contributed by atoms with Gasteiger partial charge in [-0.05, 0) is 19.1 Å². The molecule has 0 saturated carbocycles. The van der Waals surface area contributed by atoms with Crippen LogP contribution in [-0.4, -0.2) is 35.7 Å². The molecule has 1 aliphatic rings. The van der Waals surface area contributed by atoms with Crippen molar-refractivity contribution in [3.63, 3.8) is 0 Å². The first-order valence-electron chi connectivity index (χ1n) is 7.58. The van der Waals surface area contributed by atoms with E-state index in [0.29, 0.717) is 12.4 Å². The maximum atomic E-state index is 11.9. The van der Waals surface area contributed by atoms with Crippen LogP contribution in [0.15, 0.2) is 46.0 Å². The number of aromatic amines is 1. The highest BCUT2D eigenvalue weighted by molar-refractivity contribution is 5.48. The third-order valence-electron chi connectivity index (χ3n) is 4.06. The topological polar surface area (TPSA) is 61.3 Å². The molecule has 0 spiro atoms. The normalized spacial score (nSPS) is 15.1. The molecule has 22 heavy (non-hydrogen) atoms. The Kier molecular flexibility index (Phi) is 4.00. The van der Waals surface area contributed by atoms with E-state index in [1.165, 1.54) is 16.3 Å². The summed E-state index contributed by atoms with van der Waals surface area (Å²) in [4.78, 5) is 31.0. The first-order chi connectivity index (χ1) is 10.7. The Balaban J connectivity index is 1.74. The highest BCUT2D eigenvalue weighted by Gasteiger charge is 2.18. The molecule has 3 rings (SSSR count). The minimum Gasteiger partial charge on any atom is -0.368 e. The monoisotopic (exact) mass is 300 g/mol. The van der Waals surface area contributed by atoms with E-state index in [0.717, 1.165) is 26.2 Å². The zero-order valence-corrected chi connectivity index (χ0v) is 12.7. The van der Waals surface area contributed by atoms with Gasteiger partial charge in [0.05, 0.1) is 0 Å². The fourth-order valence-corrected chi connectivity index (χ4v) is 2.82. The molecule has 2 aromatic rings. The largest absolute Gasteiger partial charge is 0.368 e. The number of rotatable bonds is 3. The zero-order chi connectivity index (χ0) is 15.5. The Morgan fingerprint density at radius 3 is 2.23 bits per heavy atom. The van der Waals surface area contributed by atoms with E-state index in [4.69, 9.17) is 0 Å². The average Bonchev–Trinajstić information content (AvgIpc) is 2.55. The molecule has 0 unspecified atom stereocenters. The Morgan fingerprint density at radius 2 is 1.64 bits per heavy atom. The number of nitrogens with zero attached hydrogens (tertiary/aromatic N) is 3. The molecular formula is C16H20N4O2. The Morgan fingerprint density at radius 1 is 1.00 bits per heavy atom. The summed E-state index contributed by atoms with van der Waals surface area (Å²) in [6.07, 6.45) is 0. The molecule has 1 N–H and O–H groups in total. The highest BCUT2D eigenvalue weighted by Crippen LogP contribution is 2.17. The maximum absolute atomic E-state index is 11.9. The van der Waals surface area contributed by atoms with Crippen molar-refractivity contribution in [1.29, 1.82) is 0 Å². The molecule has 0 radical (unpaired) electrons. The molecule has 1 aliphatic heterocycles. The lowest BCUT2D eigenvalue weighted by molar-refractivity contribution is 0.629. The van der Waals surface area contributed by atoms with Crippen LogP contribution in [0, 0.1) is 0 Å². The van der Waals surface area contributed by atoms with Gasteiger partial charge in [-0.1, -0.05) is 18.2 Å². The summed E-state index contributed by atoms with van der Waals surface area (Å²) in [5.74, 6) is 0.618. The van der Waals surface area contributed by atoms with Crippen molar-refractivity contribution in [2.45, 2.75) is 13.5 Å². The van der Waals surface area contributed by atoms with Crippen molar-refractivity contribution < 1.29 is 0 Å². The van der Waals surface area contributed by atoms with E-state index in [-0.39, 0.29) is 11.2 Å². The smallest absolute Gasteiger partial charge is 0.329 e. The van der Waals surface area contributed by atoms with Crippen molar-refractivity contribution in [2.75, 3.05) is 36.0 Å². The molecule has 1 fully saturated rings. The maximum Gasteiger partial charge on any atom is 0.329 e. The summed E-state index contributed by atoms with van der Waals surface area (Å²) in [7, 11) is 0. The zero-order valence-electron chi connectivity index (χ0n) is 12.7. The average molecular weight is 300 g/mol. The van der Waals surface area contributed by atoms with Crippen LogP contribution in [0.4, 0.5) is 11.5 Å². The highest BCUT2D eigenvalue weighted by atomic mass is 16.2. The summed E-state index contributed by atoms with van der Waals surface area (Å²) in [5, 5.41) is 0. The van der Waals surface area contributed by atoms with Gasteiger partial charge < -0.3 is 9.80 Å². The third-order valence-corrected chi connectivity index (χ3v) is 4.06. The summed E-state index contributed by atoms with van der Waals surface area (Å²) in [5.41, 5.74) is 0.624. The van der Waals surface area contributed by atoms with E-state index in [1.54, 1.807) is 6.92 Å². The fraction of sp³-hybridized carbons (Fsp3) is 0.375. The number of H-pyrrole nitrogens is 1. The molecule has 0 atom stereocenters. The SMILES string of the molecule is CCn1c(=O)cc(N2CCN(c3ccccc3)CC2)[nH]c1=O. The van der Waals surface area contributed by atoms with Gasteiger partial charge in [0.1, 0.15) is 5.82 Å². The van der Waals surface area contributed by atoms with Crippen LogP contribution in [0.1, 0.15) is 6.92 Å². The molecule has 2 heterocycles. The molecule has 1 aromatic carbocycles. The van der Waals surface area contributed by atoms with E-state index in [2.05, 4.69) is 26.9 Å². The van der Waals surface area contributed by atoms with Gasteiger partial charge in [0.15, 0.2) is 0 Å². The molecule has 0 aliphatic carbocycles. The first-order valence-corrected chi connectivity index (χ1v) is 7.58. The standard InChI is InChI=1S/C16H20N4O2/c1-2-20-15(21)12-14(17-16(20)22)19-10-8-18(9-11-19)13-6-4-3-5-7-13/h3-7,12H,2,8-11H2,1H3,(H,17,22). The van der Waals surface area contributed by atoms with Crippen LogP contribution < -0.4 is 21.0 Å². The van der Waals surface area contributed by atoms with Gasteiger partial charge >= 0.3 is 5.69 Å². The van der Waals surface area contributed by atoms with E-state index >= 15 is 0 Å². The number of hydrogen-bond donors (Lipinski definition) is 1. The Labute approximate surface area is 128 Å². The quantitative estimate of drug-likeness (QED) is 0.914. The second-order valence-corrected chi connectivity index (χ2v) is 5.35. The lowest BCUT2D eigenvalue weighted by atomic mass is 10.2. The van der Waals surface area contributed by atoms with Crippen LogP contribution >= 0.6 is 0 Å². The van der Waals surface area contributed by atoms with E-state index < -0.39 is 0 Å². The molecule has 6 heteroatoms. The summed E-state index contributed by atoms with van der Waals surface area (Å²) >= 11 is 0. The Hall–Kier alpha value is -2.50. The van der Waals surface area contributed by atoms with Crippen molar-refractivity contribution in [3.05, 3.63) is 57.2 Å². The predicted molar refractivity (Wildman–Crippen MR) is 87.9 cm³/mol. The molecule has 0 bridgehead atoms. The molecule has 1 saturated heterocycles. The summed E-state index contributed by atoms with van der Waals surface area (Å²) < 4.78 is 1.20. The van der Waals surface area contributed by atoms with Crippen LogP contribution in [0.3, 0.4) is 0 Å². The number of hydrogen-bond acceptors (Lipinski definition) is 4. The van der Waals surface area contributed by atoms with Crippen molar-refractivity contribution >= 4 is 11.5 Å². The number of benzene rings is 1. The molecule has 1 aromatic heterocycles. The van der Waals surface area contributed by atoms with Crippen LogP contribution in [-0.2, 0) is 6.54 Å². The second-order valence-electron chi connectivity index (χ2n) is 5.35. The minimum absolute atomic E-state index is 0.244. The van der Waals surface area contributed by atoms with Crippen LogP contribution in [0.5, 0.6) is 0 Å². The lowest BCUT2D eigenvalue weighted by Crippen LogP contribution is -2.48. The van der Waals surface area contributed by atoms with Gasteiger partial charge in [-0.3, -0.25) is 14.3 Å². The van der Waals surface area contributed by atoms with Crippen molar-refractivity contribution in [1.82, 2.24) is 9.55 Å². The first kappa shape index (κ1) is 14.4. The number of piperazine rings is 1. The fourth-order valence-electron chi connectivity index (χ4n) is 2.82. The van der Waals surface area contributed by atoms with E-state index in [1.807, 2.05) is 18.2 Å². The van der Waals surface area contributed by atoms with Gasteiger partial charge in [0.25, 0.3) is 5.56 Å². The van der Waals surface area contributed by atoms with Gasteiger partial charge in [-0.25, -0.2) is 4.79 Å². The van der Waals surface area contributed by atoms with Gasteiger partial charge in [-0.15, -0.1) is 0 Å². The Bertz CT molecular complexity index is 711. The van der Waals surface area contributed by atoms with Crippen LogP contribution in [0.25, 0.3) is 0 Å². The number of nitrogens with one attached hydrogen (secondary N) is 1. The van der Waals surface area contributed by atoms with Gasteiger partial charge in [0.2, 0.25) is 0 Å². The summed E-state index contributed by atoms with van der Waals surface area (Å²) in [6.45, 7) is 5.46. The minimum atomic E-state index is -0.338. The molecular weight excluding hydrogens is 280 g/mol. The molecule has 0 amide bonds. The number of para-hydroxylation sites is 1. The van der Waals surface area contributed by atoms with Crippen molar-refractivity contribution in [3.8, 4) is 0 Å². The number of aromatic nitrogens is 2.